The average molecular weight is 377 g/mol. The smallest absolute Gasteiger partial charge is 0.409 e. The molecule has 0 radical (unpaired) electrons. The van der Waals surface area contributed by atoms with E-state index in [1.807, 2.05) is 0 Å². The van der Waals surface area contributed by atoms with Gasteiger partial charge in [0.2, 0.25) is 0 Å². The maximum absolute atomic E-state index is 13.0. The lowest BCUT2D eigenvalue weighted by Gasteiger charge is -2.27. The molecular weight excluding hydrogens is 362 g/mol. The van der Waals surface area contributed by atoms with Crippen molar-refractivity contribution in [3.8, 4) is 5.75 Å². The van der Waals surface area contributed by atoms with Crippen LogP contribution in [0.25, 0.3) is 10.9 Å². The molecule has 0 unspecified atom stereocenters. The number of rotatable bonds is 4. The number of anilines is 1. The fourth-order valence-corrected chi connectivity index (χ4v) is 3.29. The number of aromatic nitrogens is 1. The number of ether oxygens (including phenoxy) is 1. The number of pyridine rings is 1. The highest BCUT2D eigenvalue weighted by Crippen LogP contribution is 2.34. The standard InChI is InChI=1S/C20H15N3O5/c1-28-15-7-6-13-16-14(8-9-21-17(15)16)19(25)23(18(13)24)10-11-2-4-12(5-3-11)22-20(26)27/h2-9,22H,10H2,1H3,(H,26,27). The van der Waals surface area contributed by atoms with Gasteiger partial charge in [-0.05, 0) is 35.9 Å². The van der Waals surface area contributed by atoms with E-state index in [0.29, 0.717) is 39.0 Å². The van der Waals surface area contributed by atoms with E-state index in [-0.39, 0.29) is 6.54 Å². The Morgan fingerprint density at radius 3 is 2.39 bits per heavy atom. The Labute approximate surface area is 159 Å². The van der Waals surface area contributed by atoms with Crippen molar-refractivity contribution in [1.29, 1.82) is 0 Å². The van der Waals surface area contributed by atoms with Crippen molar-refractivity contribution in [1.82, 2.24) is 9.88 Å². The molecule has 4 rings (SSSR count). The maximum Gasteiger partial charge on any atom is 0.409 e. The molecule has 0 fully saturated rings. The minimum absolute atomic E-state index is 0.0697. The lowest BCUT2D eigenvalue weighted by Crippen LogP contribution is -2.39. The number of carbonyl (C=O) groups is 3. The Kier molecular flexibility index (Phi) is 4.15. The summed E-state index contributed by atoms with van der Waals surface area (Å²) in [5.41, 5.74) is 2.36. The minimum Gasteiger partial charge on any atom is -0.494 e. The number of amides is 3. The van der Waals surface area contributed by atoms with Crippen LogP contribution in [0.1, 0.15) is 26.3 Å². The van der Waals surface area contributed by atoms with Gasteiger partial charge in [0.05, 0.1) is 24.8 Å². The number of hydrogen-bond acceptors (Lipinski definition) is 5. The molecule has 0 spiro atoms. The Morgan fingerprint density at radius 2 is 1.75 bits per heavy atom. The molecule has 2 heterocycles. The predicted molar refractivity (Wildman–Crippen MR) is 101 cm³/mol. The van der Waals surface area contributed by atoms with Gasteiger partial charge in [-0.15, -0.1) is 0 Å². The second-order valence-electron chi connectivity index (χ2n) is 6.22. The summed E-state index contributed by atoms with van der Waals surface area (Å²) in [5, 5.41) is 11.5. The number of nitrogens with one attached hydrogen (secondary N) is 1. The number of hydrogen-bond donors (Lipinski definition) is 2. The summed E-state index contributed by atoms with van der Waals surface area (Å²) in [5.74, 6) is -0.326. The van der Waals surface area contributed by atoms with E-state index in [1.165, 1.54) is 18.2 Å². The molecule has 2 N–H and O–H groups in total. The molecule has 0 saturated carbocycles. The molecular formula is C20H15N3O5. The summed E-state index contributed by atoms with van der Waals surface area (Å²) >= 11 is 0. The summed E-state index contributed by atoms with van der Waals surface area (Å²) in [6.07, 6.45) is 0.352. The zero-order valence-corrected chi connectivity index (χ0v) is 14.8. The van der Waals surface area contributed by atoms with Crippen molar-refractivity contribution in [2.24, 2.45) is 0 Å². The van der Waals surface area contributed by atoms with Crippen LogP contribution >= 0.6 is 0 Å². The Morgan fingerprint density at radius 1 is 1.07 bits per heavy atom. The van der Waals surface area contributed by atoms with Gasteiger partial charge in [0.15, 0.2) is 0 Å². The van der Waals surface area contributed by atoms with Crippen molar-refractivity contribution < 1.29 is 24.2 Å². The van der Waals surface area contributed by atoms with Crippen molar-refractivity contribution in [2.45, 2.75) is 6.54 Å². The number of carboxylic acid groups (broad SMARTS) is 1. The Hall–Kier alpha value is -3.94. The Bertz CT molecular complexity index is 1100. The molecule has 1 aliphatic heterocycles. The van der Waals surface area contributed by atoms with Crippen LogP contribution in [-0.2, 0) is 6.54 Å². The van der Waals surface area contributed by atoms with Crippen LogP contribution in [0.3, 0.4) is 0 Å². The van der Waals surface area contributed by atoms with Crippen molar-refractivity contribution in [3.63, 3.8) is 0 Å². The first-order chi connectivity index (χ1) is 13.5. The second kappa shape index (κ2) is 6.66. The van der Waals surface area contributed by atoms with Gasteiger partial charge >= 0.3 is 6.09 Å². The van der Waals surface area contributed by atoms with Crippen LogP contribution < -0.4 is 10.1 Å². The maximum atomic E-state index is 13.0. The first-order valence-corrected chi connectivity index (χ1v) is 8.40. The van der Waals surface area contributed by atoms with Crippen LogP contribution in [0.15, 0.2) is 48.7 Å². The van der Waals surface area contributed by atoms with E-state index in [4.69, 9.17) is 9.84 Å². The molecule has 0 saturated heterocycles. The van der Waals surface area contributed by atoms with Crippen LogP contribution in [-0.4, -0.2) is 40.0 Å². The largest absolute Gasteiger partial charge is 0.494 e. The number of imide groups is 1. The zero-order valence-electron chi connectivity index (χ0n) is 14.8. The van der Waals surface area contributed by atoms with Crippen molar-refractivity contribution in [3.05, 3.63) is 65.4 Å². The third-order valence-corrected chi connectivity index (χ3v) is 4.57. The third-order valence-electron chi connectivity index (χ3n) is 4.57. The first kappa shape index (κ1) is 17.5. The summed E-state index contributed by atoms with van der Waals surface area (Å²) in [6, 6.07) is 11.4. The number of methoxy groups -OCH3 is 1. The fraction of sp³-hybridized carbons (Fsp3) is 0.100. The van der Waals surface area contributed by atoms with Crippen LogP contribution in [0, 0.1) is 0 Å². The normalized spacial score (nSPS) is 13.0. The predicted octanol–water partition coefficient (Wildman–Crippen LogP) is 3.13. The van der Waals surface area contributed by atoms with Gasteiger partial charge in [0.25, 0.3) is 11.8 Å². The topological polar surface area (TPSA) is 109 Å². The molecule has 1 aliphatic rings. The summed E-state index contributed by atoms with van der Waals surface area (Å²) in [7, 11) is 1.51. The minimum atomic E-state index is -1.16. The molecule has 8 heteroatoms. The van der Waals surface area contributed by atoms with Gasteiger partial charge in [-0.1, -0.05) is 12.1 Å². The molecule has 8 nitrogen and oxygen atoms in total. The molecule has 1 aromatic heterocycles. The molecule has 140 valence electrons. The number of benzene rings is 2. The Balaban J connectivity index is 1.70. The van der Waals surface area contributed by atoms with Crippen LogP contribution in [0.5, 0.6) is 5.75 Å². The lowest BCUT2D eigenvalue weighted by atomic mass is 9.96. The zero-order chi connectivity index (χ0) is 19.8. The van der Waals surface area contributed by atoms with E-state index in [1.54, 1.807) is 42.5 Å². The lowest BCUT2D eigenvalue weighted by molar-refractivity contribution is 0.0598. The highest BCUT2D eigenvalue weighted by molar-refractivity contribution is 6.25. The SMILES string of the molecule is COc1ccc2c3c(ccnc13)C(=O)N(Cc1ccc(NC(=O)O)cc1)C2=O. The van der Waals surface area contributed by atoms with Gasteiger partial charge < -0.3 is 9.84 Å². The quantitative estimate of drug-likeness (QED) is 0.676. The monoisotopic (exact) mass is 377 g/mol. The second-order valence-corrected chi connectivity index (χ2v) is 6.22. The van der Waals surface area contributed by atoms with E-state index in [2.05, 4.69) is 10.3 Å². The van der Waals surface area contributed by atoms with Gasteiger partial charge in [0, 0.05) is 17.3 Å². The molecule has 3 amide bonds. The van der Waals surface area contributed by atoms with E-state index in [9.17, 15) is 14.4 Å². The van der Waals surface area contributed by atoms with Crippen molar-refractivity contribution >= 4 is 34.5 Å². The van der Waals surface area contributed by atoms with Crippen LogP contribution in [0.2, 0.25) is 0 Å². The molecule has 2 aromatic carbocycles. The summed E-state index contributed by atoms with van der Waals surface area (Å²) < 4.78 is 5.29. The highest BCUT2D eigenvalue weighted by Gasteiger charge is 2.33. The van der Waals surface area contributed by atoms with E-state index in [0.717, 1.165) is 0 Å². The van der Waals surface area contributed by atoms with E-state index >= 15 is 0 Å². The molecule has 0 aliphatic carbocycles. The van der Waals surface area contributed by atoms with Gasteiger partial charge in [-0.25, -0.2) is 4.79 Å². The third kappa shape index (κ3) is 2.81. The highest BCUT2D eigenvalue weighted by atomic mass is 16.5. The average Bonchev–Trinajstić information content (AvgIpc) is 2.69. The molecule has 0 atom stereocenters. The van der Waals surface area contributed by atoms with Crippen molar-refractivity contribution in [2.75, 3.05) is 12.4 Å². The van der Waals surface area contributed by atoms with E-state index < -0.39 is 17.9 Å². The van der Waals surface area contributed by atoms with Gasteiger partial charge in [-0.2, -0.15) is 0 Å². The number of nitrogens with zero attached hydrogens (tertiary/aromatic N) is 2. The van der Waals surface area contributed by atoms with Gasteiger partial charge in [-0.3, -0.25) is 24.8 Å². The fourth-order valence-electron chi connectivity index (χ4n) is 3.29. The summed E-state index contributed by atoms with van der Waals surface area (Å²) in [4.78, 5) is 42.1. The van der Waals surface area contributed by atoms with Gasteiger partial charge in [0.1, 0.15) is 11.3 Å². The summed E-state index contributed by atoms with van der Waals surface area (Å²) in [6.45, 7) is 0.0697. The first-order valence-electron chi connectivity index (χ1n) is 8.40. The molecule has 3 aromatic rings. The molecule has 0 bridgehead atoms. The number of carbonyl (C=O) groups excluding carboxylic acids is 2. The molecule has 28 heavy (non-hydrogen) atoms. The van der Waals surface area contributed by atoms with Crippen LogP contribution in [0.4, 0.5) is 10.5 Å².